The second-order valence-electron chi connectivity index (χ2n) is 4.88. The fraction of sp³-hybridized carbons (Fsp3) is 0.0667. The molecule has 1 amide bonds. The van der Waals surface area contributed by atoms with Gasteiger partial charge in [0, 0.05) is 22.5 Å². The van der Waals surface area contributed by atoms with Crippen molar-refractivity contribution in [2.45, 2.75) is 6.92 Å². The number of rotatable bonds is 3. The number of non-ortho nitro benzene ring substituents is 1. The Morgan fingerprint density at radius 3 is 2.83 bits per heavy atom. The quantitative estimate of drug-likeness (QED) is 0.561. The third-order valence-electron chi connectivity index (χ3n) is 3.32. The normalized spacial score (nSPS) is 10.7. The van der Waals surface area contributed by atoms with Crippen LogP contribution in [0.4, 0.5) is 11.4 Å². The molecule has 0 atom stereocenters. The summed E-state index contributed by atoms with van der Waals surface area (Å²) in [5.41, 5.74) is 1.73. The Morgan fingerprint density at radius 2 is 2.09 bits per heavy atom. The van der Waals surface area contributed by atoms with Gasteiger partial charge in [0.1, 0.15) is 4.88 Å². The van der Waals surface area contributed by atoms with Crippen molar-refractivity contribution >= 4 is 51.3 Å². The third-order valence-corrected chi connectivity index (χ3v) is 4.44. The minimum absolute atomic E-state index is 0.0805. The molecule has 2 aromatic carbocycles. The van der Waals surface area contributed by atoms with E-state index in [9.17, 15) is 14.9 Å². The van der Waals surface area contributed by atoms with Crippen LogP contribution >= 0.6 is 23.1 Å². The number of aromatic nitrogens is 1. The van der Waals surface area contributed by atoms with Gasteiger partial charge < -0.3 is 5.32 Å². The molecule has 0 unspecified atom stereocenters. The number of nitrogens with zero attached hydrogens (tertiary/aromatic N) is 2. The zero-order chi connectivity index (χ0) is 16.6. The molecule has 1 heterocycles. The van der Waals surface area contributed by atoms with Crippen molar-refractivity contribution in [3.8, 4) is 0 Å². The molecule has 0 radical (unpaired) electrons. The van der Waals surface area contributed by atoms with Gasteiger partial charge in [0.15, 0.2) is 0 Å². The summed E-state index contributed by atoms with van der Waals surface area (Å²) in [5, 5.41) is 14.7. The highest BCUT2D eigenvalue weighted by molar-refractivity contribution is 7.09. The molecule has 0 aliphatic carbocycles. The summed E-state index contributed by atoms with van der Waals surface area (Å²) in [7, 11) is 0. The number of fused-ring (bicyclic) bond motifs is 1. The van der Waals surface area contributed by atoms with Crippen molar-refractivity contribution in [1.29, 1.82) is 0 Å². The van der Waals surface area contributed by atoms with Crippen molar-refractivity contribution < 1.29 is 9.72 Å². The molecule has 0 saturated carbocycles. The molecule has 0 aliphatic rings. The number of anilines is 1. The number of aryl methyl sites for hydroxylation is 1. The van der Waals surface area contributed by atoms with Gasteiger partial charge in [0.05, 0.1) is 16.1 Å². The highest BCUT2D eigenvalue weighted by Gasteiger charge is 2.17. The smallest absolute Gasteiger partial charge is 0.271 e. The van der Waals surface area contributed by atoms with E-state index in [0.717, 1.165) is 17.1 Å². The summed E-state index contributed by atoms with van der Waals surface area (Å²) in [5.74, 6) is -0.372. The van der Waals surface area contributed by atoms with Crippen LogP contribution in [-0.4, -0.2) is 15.2 Å². The minimum Gasteiger partial charge on any atom is -0.321 e. The summed E-state index contributed by atoms with van der Waals surface area (Å²) >= 11 is 7.02. The number of carbonyl (C=O) groups excluding carboxylic acids is 1. The van der Waals surface area contributed by atoms with Crippen LogP contribution in [0.2, 0.25) is 5.02 Å². The summed E-state index contributed by atoms with van der Waals surface area (Å²) in [6.45, 7) is 1.76. The molecule has 3 aromatic rings. The van der Waals surface area contributed by atoms with Crippen LogP contribution in [0.3, 0.4) is 0 Å². The number of halogens is 1. The van der Waals surface area contributed by atoms with Gasteiger partial charge in [-0.2, -0.15) is 4.37 Å². The van der Waals surface area contributed by atoms with Crippen LogP contribution in [0, 0.1) is 17.0 Å². The van der Waals surface area contributed by atoms with Crippen LogP contribution in [0.5, 0.6) is 0 Å². The van der Waals surface area contributed by atoms with Crippen LogP contribution in [-0.2, 0) is 0 Å². The summed E-state index contributed by atoms with van der Waals surface area (Å²) < 4.78 is 4.20. The topological polar surface area (TPSA) is 85.1 Å². The van der Waals surface area contributed by atoms with Gasteiger partial charge >= 0.3 is 0 Å². The number of nitrogens with one attached hydrogen (secondary N) is 1. The minimum atomic E-state index is -0.503. The average molecular weight is 348 g/mol. The largest absolute Gasteiger partial charge is 0.321 e. The van der Waals surface area contributed by atoms with Gasteiger partial charge in [-0.25, -0.2) is 0 Å². The molecule has 6 nitrogen and oxygen atoms in total. The van der Waals surface area contributed by atoms with Crippen molar-refractivity contribution in [2.24, 2.45) is 0 Å². The highest BCUT2D eigenvalue weighted by atomic mass is 35.5. The Bertz CT molecular complexity index is 939. The van der Waals surface area contributed by atoms with Gasteiger partial charge in [0.2, 0.25) is 0 Å². The second kappa shape index (κ2) is 5.94. The van der Waals surface area contributed by atoms with E-state index in [1.807, 2.05) is 0 Å². The van der Waals surface area contributed by atoms with Crippen LogP contribution in [0.1, 0.15) is 15.2 Å². The van der Waals surface area contributed by atoms with Crippen molar-refractivity contribution in [3.63, 3.8) is 0 Å². The maximum absolute atomic E-state index is 12.5. The Morgan fingerprint density at radius 1 is 1.30 bits per heavy atom. The predicted molar refractivity (Wildman–Crippen MR) is 90.4 cm³/mol. The third kappa shape index (κ3) is 3.01. The lowest BCUT2D eigenvalue weighted by molar-refractivity contribution is -0.384. The van der Waals surface area contributed by atoms with Crippen molar-refractivity contribution in [1.82, 2.24) is 4.37 Å². The highest BCUT2D eigenvalue weighted by Crippen LogP contribution is 2.28. The van der Waals surface area contributed by atoms with Crippen molar-refractivity contribution in [2.75, 3.05) is 5.32 Å². The van der Waals surface area contributed by atoms with E-state index in [-0.39, 0.29) is 11.6 Å². The van der Waals surface area contributed by atoms with E-state index >= 15 is 0 Å². The Hall–Kier alpha value is -2.51. The molecule has 0 aliphatic heterocycles. The van der Waals surface area contributed by atoms with Gasteiger partial charge in [-0.1, -0.05) is 17.7 Å². The lowest BCUT2D eigenvalue weighted by Gasteiger charge is -2.07. The van der Waals surface area contributed by atoms with E-state index in [0.29, 0.717) is 26.5 Å². The molecule has 1 N–H and O–H groups in total. The van der Waals surface area contributed by atoms with Crippen LogP contribution in [0.15, 0.2) is 36.4 Å². The molecule has 0 saturated heterocycles. The zero-order valence-corrected chi connectivity index (χ0v) is 13.4. The average Bonchev–Trinajstić information content (AvgIpc) is 2.92. The second-order valence-corrected chi connectivity index (χ2v) is 6.09. The maximum Gasteiger partial charge on any atom is 0.271 e. The summed E-state index contributed by atoms with van der Waals surface area (Å²) in [4.78, 5) is 23.2. The number of carbonyl (C=O) groups is 1. The SMILES string of the molecule is Cc1ccc([N+](=O)[O-])cc1NC(=O)c1snc2ccc(Cl)cc12. The van der Waals surface area contributed by atoms with E-state index in [1.54, 1.807) is 31.2 Å². The van der Waals surface area contributed by atoms with E-state index in [4.69, 9.17) is 11.6 Å². The van der Waals surface area contributed by atoms with E-state index in [1.165, 1.54) is 12.1 Å². The molecular formula is C15H10ClN3O3S. The number of nitro groups is 1. The number of amides is 1. The first-order valence-corrected chi connectivity index (χ1v) is 7.72. The van der Waals surface area contributed by atoms with Gasteiger partial charge in [0.25, 0.3) is 11.6 Å². The lowest BCUT2D eigenvalue weighted by Crippen LogP contribution is -2.11. The molecular weight excluding hydrogens is 338 g/mol. The molecule has 3 rings (SSSR count). The zero-order valence-electron chi connectivity index (χ0n) is 11.9. The first-order valence-electron chi connectivity index (χ1n) is 6.57. The van der Waals surface area contributed by atoms with E-state index < -0.39 is 4.92 Å². The monoisotopic (exact) mass is 347 g/mol. The number of benzene rings is 2. The molecule has 0 bridgehead atoms. The number of hydrogen-bond donors (Lipinski definition) is 1. The van der Waals surface area contributed by atoms with Crippen molar-refractivity contribution in [3.05, 3.63) is 62.0 Å². The number of hydrogen-bond acceptors (Lipinski definition) is 5. The molecule has 23 heavy (non-hydrogen) atoms. The number of nitro benzene ring substituents is 1. The molecule has 1 aromatic heterocycles. The lowest BCUT2D eigenvalue weighted by atomic mass is 10.1. The van der Waals surface area contributed by atoms with Crippen LogP contribution in [0.25, 0.3) is 10.9 Å². The Labute approximate surface area is 140 Å². The maximum atomic E-state index is 12.5. The standard InChI is InChI=1S/C15H10ClN3O3S/c1-8-2-4-10(19(21)22)7-13(8)17-15(20)14-11-6-9(16)3-5-12(11)18-23-14/h2-7H,1H3,(H,17,20). The van der Waals surface area contributed by atoms with Gasteiger partial charge in [-0.3, -0.25) is 14.9 Å². The first-order chi connectivity index (χ1) is 11.0. The molecule has 8 heteroatoms. The summed E-state index contributed by atoms with van der Waals surface area (Å²) in [6.07, 6.45) is 0. The van der Waals surface area contributed by atoms with Gasteiger partial charge in [-0.15, -0.1) is 0 Å². The van der Waals surface area contributed by atoms with Crippen LogP contribution < -0.4 is 5.32 Å². The molecule has 0 fully saturated rings. The fourth-order valence-corrected chi connectivity index (χ4v) is 3.03. The fourth-order valence-electron chi connectivity index (χ4n) is 2.11. The first kappa shape index (κ1) is 15.4. The summed E-state index contributed by atoms with van der Waals surface area (Å²) in [6, 6.07) is 9.45. The molecule has 0 spiro atoms. The Kier molecular flexibility index (Phi) is 3.97. The molecule has 116 valence electrons. The predicted octanol–water partition coefficient (Wildman–Crippen LogP) is 4.42. The van der Waals surface area contributed by atoms with Gasteiger partial charge in [-0.05, 0) is 42.2 Å². The van der Waals surface area contributed by atoms with E-state index in [2.05, 4.69) is 9.69 Å². The Balaban J connectivity index is 1.96.